The second-order valence-corrected chi connectivity index (χ2v) is 39.1. The topological polar surface area (TPSA) is 384 Å². The van der Waals surface area contributed by atoms with E-state index in [0.29, 0.717) is 31.7 Å². The van der Waals surface area contributed by atoms with Crippen LogP contribution in [0.2, 0.25) is 0 Å². The third-order valence-electron chi connectivity index (χ3n) is 26.7. The van der Waals surface area contributed by atoms with Crippen molar-refractivity contribution in [3.8, 4) is 0 Å². The Bertz CT molecular complexity index is 3110. The number of aliphatic hydroxyl groups is 8. The maximum Gasteiger partial charge on any atom is 0.330 e. The second-order valence-electron chi connectivity index (χ2n) is 37.5. The predicted octanol–water partition coefficient (Wildman–Crippen LogP) is 5.36. The van der Waals surface area contributed by atoms with Gasteiger partial charge in [0, 0.05) is 89.9 Å². The van der Waals surface area contributed by atoms with Gasteiger partial charge in [-0.05, 0) is 196 Å². The quantitative estimate of drug-likeness (QED) is 0.0653. The van der Waals surface area contributed by atoms with Gasteiger partial charge < -0.3 is 132 Å². The molecule has 116 heavy (non-hydrogen) atoms. The Morgan fingerprint density at radius 1 is 0.560 bits per heavy atom. The van der Waals surface area contributed by atoms with Crippen molar-refractivity contribution in [3.05, 3.63) is 0 Å². The van der Waals surface area contributed by atoms with Crippen LogP contribution in [0.5, 0.6) is 0 Å². The molecule has 7 heterocycles. The van der Waals surface area contributed by atoms with Crippen molar-refractivity contribution in [2.75, 3.05) is 75.4 Å². The Morgan fingerprint density at radius 3 is 1.30 bits per heavy atom. The SMILES string of the molecule is CC[C@H]1OC(=O)[C@H](C)[C@@H](O[C@H]2C[C@@](C)(OC)[C@@H](O)[C@H](C)O2)[C@H](C)[C@@H](O[C@@H]2O[C@H](C)C[C@H](N(C)C)[C@H]2OC(=O)C2CSC(C)(C)N2C(C)=O)[C@](C)(O)C[C@@H](C)CN(C)[C@H](C)[C@@H](O)[C@]1(C)O.CC[C@H]1OC(=O)[C@H](C)[C@@H](O[C@H]2C[C@@](C)(OC)[C@@H](O)[C@H](C)O2)[C@H](C)[C@@H](O[C@@H]2O[C@H](C)C[C@H](NC)[C@H]2OC)[C@](C)(O)C[C@@H](C)CN(C)[C@H](C)[C@@H](O)[C@]1(C)O. The lowest BCUT2D eigenvalue weighted by Gasteiger charge is -2.49. The standard InChI is InChI=1S/C46H83N3O14S.C38H72N2O12/c1-18-33-46(13,56)37(51)28(6)48(16)22-24(2)20-44(11,55)39(26(4)35(27(5)40(53)60-33)61-34-21-45(12,57-17)38(52)29(7)59-34)63-42-36(31(47(14)15)19-25(3)58-42)62-41(54)32-23-64-43(9,10)49(32)30(8)50;1-15-27-38(10,45)31(41)24(6)40(12)19-20(2)17-36(8,44)33(52-35-30(46-13)26(39-11)16-21(3)48-35)22(4)29(23(5)34(43)50-27)51-28-18-37(9,47-14)32(42)25(7)49-28/h24-29,31-39,42,51-52,55-56H,18-23H2,1-17H3;20-33,35,39,41-42,44-45H,15-19H2,1-14H3/t24-,25-,26+,27-,28-,29+,31+,32?,33-,34+,35+,36-,37-,38+,39-,42+,44-,45-,46-;20-,21-,22+,23-,24-,25+,26+,27-,28+,29+,30-,31-,32+,33-,35+,36-,37-,38-/m11/s1. The van der Waals surface area contributed by atoms with Crippen molar-refractivity contribution < 1.29 is 126 Å². The molecule has 0 radical (unpaired) electrons. The van der Waals surface area contributed by atoms with Crippen LogP contribution in [0.3, 0.4) is 0 Å². The highest BCUT2D eigenvalue weighted by molar-refractivity contribution is 8.00. The molecule has 7 rings (SSSR count). The Hall–Kier alpha value is -2.69. The number of thioether (sulfide) groups is 1. The monoisotopic (exact) mass is 1680 g/mol. The van der Waals surface area contributed by atoms with E-state index in [1.165, 1.54) is 46.8 Å². The van der Waals surface area contributed by atoms with E-state index in [0.717, 1.165) is 0 Å². The summed E-state index contributed by atoms with van der Waals surface area (Å²) < 4.78 is 88.9. The van der Waals surface area contributed by atoms with Crippen LogP contribution in [0, 0.1) is 35.5 Å². The summed E-state index contributed by atoms with van der Waals surface area (Å²) >= 11 is 1.49. The van der Waals surface area contributed by atoms with Crippen molar-refractivity contribution in [2.24, 2.45) is 35.5 Å². The van der Waals surface area contributed by atoms with E-state index in [9.17, 15) is 60.0 Å². The lowest BCUT2D eigenvalue weighted by Crippen LogP contribution is -2.61. The van der Waals surface area contributed by atoms with Crippen LogP contribution in [0.25, 0.3) is 0 Å². The van der Waals surface area contributed by atoms with E-state index in [1.807, 2.05) is 105 Å². The third kappa shape index (κ3) is 23.7. The number of carbonyl (C=O) groups is 4. The predicted molar refractivity (Wildman–Crippen MR) is 435 cm³/mol. The largest absolute Gasteiger partial charge is 0.459 e. The number of carbonyl (C=O) groups excluding carboxylic acids is 4. The van der Waals surface area contributed by atoms with Gasteiger partial charge in [0.25, 0.3) is 0 Å². The van der Waals surface area contributed by atoms with Crippen molar-refractivity contribution in [1.29, 1.82) is 0 Å². The molecule has 9 N–H and O–H groups in total. The van der Waals surface area contributed by atoms with Gasteiger partial charge in [0.05, 0.1) is 94.0 Å². The fraction of sp³-hybridized carbons (Fsp3) is 0.952. The summed E-state index contributed by atoms with van der Waals surface area (Å²) in [6, 6.07) is -2.45. The van der Waals surface area contributed by atoms with Gasteiger partial charge in [-0.25, -0.2) is 4.79 Å². The third-order valence-corrected chi connectivity index (χ3v) is 28.1. The van der Waals surface area contributed by atoms with E-state index < -0.39 is 215 Å². The van der Waals surface area contributed by atoms with Gasteiger partial charge in [-0.1, -0.05) is 41.5 Å². The first-order valence-electron chi connectivity index (χ1n) is 42.3. The van der Waals surface area contributed by atoms with Crippen molar-refractivity contribution in [1.82, 2.24) is 24.9 Å². The van der Waals surface area contributed by atoms with Crippen molar-refractivity contribution in [2.45, 2.75) is 402 Å². The normalized spacial score (nSPS) is 47.4. The van der Waals surface area contributed by atoms with Crippen LogP contribution in [-0.2, 0) is 85.5 Å². The minimum atomic E-state index is -1.85. The van der Waals surface area contributed by atoms with E-state index in [-0.39, 0.29) is 74.5 Å². The van der Waals surface area contributed by atoms with E-state index in [1.54, 1.807) is 95.1 Å². The highest BCUT2D eigenvalue weighted by Gasteiger charge is 2.58. The molecule has 0 aromatic heterocycles. The first kappa shape index (κ1) is 102. The number of amides is 1. The number of aliphatic hydroxyl groups excluding tert-OH is 4. The molecule has 0 aromatic carbocycles. The van der Waals surface area contributed by atoms with Crippen LogP contribution in [0.15, 0.2) is 0 Å². The van der Waals surface area contributed by atoms with Gasteiger partial charge >= 0.3 is 17.9 Å². The molecule has 1 unspecified atom stereocenters. The molecule has 1 amide bonds. The molecule has 0 spiro atoms. The smallest absolute Gasteiger partial charge is 0.330 e. The van der Waals surface area contributed by atoms with Crippen LogP contribution in [-0.4, -0.2) is 351 Å². The number of ether oxygens (including phenoxy) is 14. The van der Waals surface area contributed by atoms with Gasteiger partial charge in [-0.3, -0.25) is 14.4 Å². The summed E-state index contributed by atoms with van der Waals surface area (Å²) in [6.45, 7) is 41.4. The number of nitrogens with zero attached hydrogens (tertiary/aromatic N) is 4. The molecule has 7 aliphatic rings. The zero-order valence-corrected chi connectivity index (χ0v) is 76.6. The number of rotatable bonds is 17. The number of esters is 3. The minimum absolute atomic E-state index is 0.0843. The highest BCUT2D eigenvalue weighted by Crippen LogP contribution is 2.46. The lowest BCUT2D eigenvalue weighted by molar-refractivity contribution is -0.319. The Morgan fingerprint density at radius 2 is 0.948 bits per heavy atom. The Balaban J connectivity index is 0.000000369. The van der Waals surface area contributed by atoms with E-state index in [2.05, 4.69) is 5.32 Å². The molecule has 7 fully saturated rings. The van der Waals surface area contributed by atoms with E-state index in [4.69, 9.17) is 66.3 Å². The van der Waals surface area contributed by atoms with Gasteiger partial charge in [-0.2, -0.15) is 0 Å². The molecule has 31 nitrogen and oxygen atoms in total. The molecule has 37 atom stereocenters. The average Bonchev–Trinajstić information content (AvgIpc) is 1.15. The van der Waals surface area contributed by atoms with E-state index >= 15 is 0 Å². The summed E-state index contributed by atoms with van der Waals surface area (Å²) in [6.07, 6.45) is -16.1. The maximum atomic E-state index is 14.5. The van der Waals surface area contributed by atoms with Crippen LogP contribution >= 0.6 is 11.8 Å². The molecule has 32 heteroatoms. The van der Waals surface area contributed by atoms with Crippen LogP contribution in [0.1, 0.15) is 211 Å². The first-order chi connectivity index (χ1) is 53.5. The number of cyclic esters (lactones) is 2. The average molecular weight is 1680 g/mol. The molecule has 0 bridgehead atoms. The molecule has 0 aliphatic carbocycles. The summed E-state index contributed by atoms with van der Waals surface area (Å²) in [4.78, 5) is 62.6. The molecule has 7 saturated heterocycles. The number of likely N-dealkylation sites (N-methyl/N-ethyl adjacent to an activating group) is 4. The molecule has 0 aromatic rings. The fourth-order valence-electron chi connectivity index (χ4n) is 19.4. The Kier molecular flexibility index (Phi) is 36.5. The molecule has 0 saturated carbocycles. The van der Waals surface area contributed by atoms with Crippen molar-refractivity contribution >= 4 is 35.6 Å². The second kappa shape index (κ2) is 41.4. The first-order valence-corrected chi connectivity index (χ1v) is 43.3. The zero-order chi connectivity index (χ0) is 88.1. The number of hydrogen-bond acceptors (Lipinski definition) is 31. The van der Waals surface area contributed by atoms with Crippen LogP contribution < -0.4 is 5.32 Å². The highest BCUT2D eigenvalue weighted by atomic mass is 32.2. The summed E-state index contributed by atoms with van der Waals surface area (Å²) in [7, 11) is 13.9. The van der Waals surface area contributed by atoms with Gasteiger partial charge in [0.15, 0.2) is 31.3 Å². The van der Waals surface area contributed by atoms with Gasteiger partial charge in [-0.15, -0.1) is 11.8 Å². The molecule has 7 aliphatic heterocycles. The van der Waals surface area contributed by atoms with Gasteiger partial charge in [0.1, 0.15) is 60.0 Å². The maximum absolute atomic E-state index is 14.5. The number of hydrogen-bond donors (Lipinski definition) is 9. The molecular weight excluding hydrogens is 1530 g/mol. The Labute approximate surface area is 696 Å². The molecular formula is C84H155N5O26S. The summed E-state index contributed by atoms with van der Waals surface area (Å²) in [5.41, 5.74) is -8.89. The molecule has 678 valence electrons. The van der Waals surface area contributed by atoms with Gasteiger partial charge in [0.2, 0.25) is 5.91 Å². The summed E-state index contributed by atoms with van der Waals surface area (Å²) in [5.74, 6) is -5.85. The number of nitrogens with one attached hydrogen (secondary N) is 1. The number of methoxy groups -OCH3 is 3. The summed E-state index contributed by atoms with van der Waals surface area (Å²) in [5, 5.41) is 97.6. The van der Waals surface area contributed by atoms with Crippen LogP contribution in [0.4, 0.5) is 0 Å². The van der Waals surface area contributed by atoms with Crippen molar-refractivity contribution in [3.63, 3.8) is 0 Å². The minimum Gasteiger partial charge on any atom is -0.459 e. The zero-order valence-electron chi connectivity index (χ0n) is 75.8. The fourth-order valence-corrected chi connectivity index (χ4v) is 20.7. The lowest BCUT2D eigenvalue weighted by atomic mass is 9.77.